The first-order valence-electron chi connectivity index (χ1n) is 7.05. The van der Waals surface area contributed by atoms with Crippen molar-refractivity contribution in [1.29, 1.82) is 0 Å². The van der Waals surface area contributed by atoms with Gasteiger partial charge in [0.15, 0.2) is 0 Å². The van der Waals surface area contributed by atoms with Gasteiger partial charge in [-0.05, 0) is 47.9 Å². The summed E-state index contributed by atoms with van der Waals surface area (Å²) in [5.41, 5.74) is 0.716. The maximum atomic E-state index is 12.2. The second-order valence-corrected chi connectivity index (χ2v) is 7.14. The van der Waals surface area contributed by atoms with E-state index in [1.165, 1.54) is 18.2 Å². The average molecular weight is 378 g/mol. The maximum Gasteiger partial charge on any atom is 0.295 e. The summed E-state index contributed by atoms with van der Waals surface area (Å²) in [5, 5.41) is 13.3. The molecule has 25 heavy (non-hydrogen) atoms. The molecule has 0 radical (unpaired) electrons. The fourth-order valence-corrected chi connectivity index (χ4v) is 3.25. The summed E-state index contributed by atoms with van der Waals surface area (Å²) >= 11 is 5.78. The number of carbonyl (C=O) groups is 1. The van der Waals surface area contributed by atoms with Crippen LogP contribution in [-0.4, -0.2) is 24.0 Å². The number of phenols is 1. The van der Waals surface area contributed by atoms with Gasteiger partial charge in [0.05, 0.1) is 0 Å². The number of phenolic OH excluding ortho intramolecular Hbond substituents is 1. The summed E-state index contributed by atoms with van der Waals surface area (Å²) in [6.45, 7) is 0. The summed E-state index contributed by atoms with van der Waals surface area (Å²) in [6.07, 6.45) is 0. The third-order valence-electron chi connectivity index (χ3n) is 3.54. The monoisotopic (exact) mass is 377 g/mol. The zero-order chi connectivity index (χ0) is 18.2. The van der Waals surface area contributed by atoms with E-state index < -0.39 is 20.9 Å². The molecule has 0 heterocycles. The van der Waals surface area contributed by atoms with Crippen molar-refractivity contribution in [3.63, 3.8) is 0 Å². The number of aromatic hydroxyl groups is 1. The summed E-state index contributed by atoms with van der Waals surface area (Å²) in [6, 6.07) is 13.1. The topological polar surface area (TPSA) is 104 Å². The Morgan fingerprint density at radius 3 is 2.32 bits per heavy atom. The first kappa shape index (κ1) is 17.2. The number of anilines is 1. The van der Waals surface area contributed by atoms with Crippen molar-refractivity contribution >= 4 is 44.1 Å². The van der Waals surface area contributed by atoms with Gasteiger partial charge in [0.2, 0.25) is 0 Å². The van der Waals surface area contributed by atoms with Gasteiger partial charge < -0.3 is 10.4 Å². The minimum absolute atomic E-state index is 0.175. The Balaban J connectivity index is 2.02. The lowest BCUT2D eigenvalue weighted by atomic mass is 10.1. The number of amides is 1. The van der Waals surface area contributed by atoms with Crippen LogP contribution in [0.3, 0.4) is 0 Å². The third kappa shape index (κ3) is 3.74. The lowest BCUT2D eigenvalue weighted by molar-refractivity contribution is 0.102. The molecule has 0 saturated carbocycles. The Labute approximate surface area is 148 Å². The molecule has 0 bridgehead atoms. The molecule has 0 aliphatic carbocycles. The number of nitrogens with one attached hydrogen (secondary N) is 1. The van der Waals surface area contributed by atoms with Crippen molar-refractivity contribution in [2.45, 2.75) is 4.90 Å². The molecule has 3 N–H and O–H groups in total. The number of fused-ring (bicyclic) bond motifs is 1. The maximum absolute atomic E-state index is 12.2. The molecule has 1 amide bonds. The van der Waals surface area contributed by atoms with Crippen LogP contribution in [0.1, 0.15) is 10.4 Å². The van der Waals surface area contributed by atoms with Gasteiger partial charge >= 0.3 is 0 Å². The van der Waals surface area contributed by atoms with Gasteiger partial charge in [0, 0.05) is 27.7 Å². The molecular weight excluding hydrogens is 366 g/mol. The van der Waals surface area contributed by atoms with Gasteiger partial charge in [-0.25, -0.2) is 0 Å². The highest BCUT2D eigenvalue weighted by molar-refractivity contribution is 7.86. The van der Waals surface area contributed by atoms with Crippen LogP contribution in [0.4, 0.5) is 5.69 Å². The highest BCUT2D eigenvalue weighted by Crippen LogP contribution is 2.30. The van der Waals surface area contributed by atoms with E-state index in [1.54, 1.807) is 30.3 Å². The quantitative estimate of drug-likeness (QED) is 0.604. The van der Waals surface area contributed by atoms with Gasteiger partial charge in [0.1, 0.15) is 10.6 Å². The minimum atomic E-state index is -4.54. The predicted molar refractivity (Wildman–Crippen MR) is 94.8 cm³/mol. The second-order valence-electron chi connectivity index (χ2n) is 5.32. The minimum Gasteiger partial charge on any atom is -0.508 e. The third-order valence-corrected chi connectivity index (χ3v) is 4.69. The molecule has 3 aromatic rings. The van der Waals surface area contributed by atoms with Gasteiger partial charge in [-0.1, -0.05) is 17.7 Å². The number of hydrogen-bond donors (Lipinski definition) is 3. The molecule has 6 nitrogen and oxygen atoms in total. The van der Waals surface area contributed by atoms with E-state index in [0.717, 1.165) is 6.07 Å². The van der Waals surface area contributed by atoms with Crippen molar-refractivity contribution in [1.82, 2.24) is 0 Å². The first-order chi connectivity index (χ1) is 11.7. The van der Waals surface area contributed by atoms with Crippen molar-refractivity contribution in [2.75, 3.05) is 5.32 Å². The number of hydrogen-bond acceptors (Lipinski definition) is 4. The van der Waals surface area contributed by atoms with Crippen LogP contribution in [0.2, 0.25) is 5.02 Å². The summed E-state index contributed by atoms with van der Waals surface area (Å²) in [7, 11) is -4.54. The van der Waals surface area contributed by atoms with Gasteiger partial charge in [-0.2, -0.15) is 8.42 Å². The predicted octanol–water partition coefficient (Wildman–Crippen LogP) is 3.70. The van der Waals surface area contributed by atoms with E-state index >= 15 is 0 Å². The number of rotatable bonds is 3. The normalized spacial score (nSPS) is 11.4. The van der Waals surface area contributed by atoms with Crippen LogP contribution in [0.15, 0.2) is 59.5 Å². The van der Waals surface area contributed by atoms with Crippen molar-refractivity contribution < 1.29 is 22.9 Å². The van der Waals surface area contributed by atoms with Crippen LogP contribution in [0.25, 0.3) is 10.8 Å². The van der Waals surface area contributed by atoms with Gasteiger partial charge in [-0.15, -0.1) is 0 Å². The molecule has 0 aromatic heterocycles. The van der Waals surface area contributed by atoms with E-state index in [1.807, 2.05) is 0 Å². The Hall–Kier alpha value is -2.61. The van der Waals surface area contributed by atoms with Crippen molar-refractivity contribution in [3.8, 4) is 5.75 Å². The van der Waals surface area contributed by atoms with Crippen molar-refractivity contribution in [3.05, 3.63) is 65.2 Å². The van der Waals surface area contributed by atoms with Gasteiger partial charge in [-0.3, -0.25) is 9.35 Å². The number of halogens is 1. The molecule has 8 heteroatoms. The SMILES string of the molecule is O=C(Nc1ccc2cc(O)cc(S(=O)(=O)O)c2c1)c1ccc(Cl)cc1. The van der Waals surface area contributed by atoms with Crippen LogP contribution < -0.4 is 5.32 Å². The number of carbonyl (C=O) groups excluding carboxylic acids is 1. The number of benzene rings is 3. The Morgan fingerprint density at radius 1 is 1.00 bits per heavy atom. The summed E-state index contributed by atoms with van der Waals surface area (Å²) < 4.78 is 32.4. The molecule has 0 aliphatic heterocycles. The van der Waals surface area contributed by atoms with E-state index in [2.05, 4.69) is 5.32 Å². The van der Waals surface area contributed by atoms with Crippen LogP contribution in [0, 0.1) is 0 Å². The molecule has 0 atom stereocenters. The van der Waals surface area contributed by atoms with Crippen LogP contribution >= 0.6 is 11.6 Å². The molecule has 128 valence electrons. The van der Waals surface area contributed by atoms with E-state index in [4.69, 9.17) is 11.6 Å². The Bertz CT molecular complexity index is 1080. The largest absolute Gasteiger partial charge is 0.508 e. The molecule has 0 fully saturated rings. The van der Waals surface area contributed by atoms with E-state index in [9.17, 15) is 22.9 Å². The standard InChI is InChI=1S/C17H12ClNO5S/c18-12-4-1-10(2-5-12)17(21)19-13-6-3-11-7-14(20)9-16(15(11)8-13)25(22,23)24/h1-9,20H,(H,19,21)(H,22,23,24). The van der Waals surface area contributed by atoms with E-state index in [0.29, 0.717) is 21.7 Å². The average Bonchev–Trinajstić information content (AvgIpc) is 2.54. The zero-order valence-electron chi connectivity index (χ0n) is 12.6. The lowest BCUT2D eigenvalue weighted by Crippen LogP contribution is -2.11. The molecule has 0 unspecified atom stereocenters. The smallest absolute Gasteiger partial charge is 0.295 e. The molecule has 3 aromatic carbocycles. The fraction of sp³-hybridized carbons (Fsp3) is 0. The van der Waals surface area contributed by atoms with Crippen LogP contribution in [0.5, 0.6) is 5.75 Å². The van der Waals surface area contributed by atoms with Gasteiger partial charge in [0.25, 0.3) is 16.0 Å². The lowest BCUT2D eigenvalue weighted by Gasteiger charge is -2.09. The first-order valence-corrected chi connectivity index (χ1v) is 8.87. The summed E-state index contributed by atoms with van der Waals surface area (Å²) in [5.74, 6) is -0.693. The Kier molecular flexibility index (Phi) is 4.38. The molecular formula is C17H12ClNO5S. The van der Waals surface area contributed by atoms with Crippen molar-refractivity contribution in [2.24, 2.45) is 0 Å². The molecule has 0 saturated heterocycles. The molecule has 0 aliphatic rings. The second kappa shape index (κ2) is 6.36. The van der Waals surface area contributed by atoms with Crippen LogP contribution in [-0.2, 0) is 10.1 Å². The fourth-order valence-electron chi connectivity index (χ4n) is 2.40. The molecule has 0 spiro atoms. The highest BCUT2D eigenvalue weighted by Gasteiger charge is 2.16. The van der Waals surface area contributed by atoms with E-state index in [-0.39, 0.29) is 11.1 Å². The summed E-state index contributed by atoms with van der Waals surface area (Å²) in [4.78, 5) is 11.8. The molecule has 3 rings (SSSR count). The Morgan fingerprint density at radius 2 is 1.68 bits per heavy atom. The highest BCUT2D eigenvalue weighted by atomic mass is 35.5. The zero-order valence-corrected chi connectivity index (χ0v) is 14.2.